The van der Waals surface area contributed by atoms with Gasteiger partial charge in [0.25, 0.3) is 0 Å². The van der Waals surface area contributed by atoms with Crippen LogP contribution < -0.4 is 20.8 Å². The summed E-state index contributed by atoms with van der Waals surface area (Å²) in [7, 11) is 0. The maximum absolute atomic E-state index is 12.3. The number of ether oxygens (including phenoxy) is 1. The lowest BCUT2D eigenvalue weighted by Gasteiger charge is -2.10. The highest BCUT2D eigenvalue weighted by atomic mass is 16.5. The van der Waals surface area contributed by atoms with Crippen LogP contribution in [0.3, 0.4) is 0 Å². The number of hydrogen-bond acceptors (Lipinski definition) is 6. The Morgan fingerprint density at radius 2 is 2.08 bits per heavy atom. The van der Waals surface area contributed by atoms with Crippen LogP contribution in [0.25, 0.3) is 11.0 Å². The fourth-order valence-electron chi connectivity index (χ4n) is 2.46. The number of nitrogens with one attached hydrogen (secondary N) is 1. The summed E-state index contributed by atoms with van der Waals surface area (Å²) in [6.07, 6.45) is 0.126. The number of amides is 1. The van der Waals surface area contributed by atoms with Gasteiger partial charge in [0, 0.05) is 23.4 Å². The molecule has 2 rings (SSSR count). The normalized spacial score (nSPS) is 10.5. The Balaban J connectivity index is 2.19. The second-order valence-electron chi connectivity index (χ2n) is 6.05. The molecule has 0 bridgehead atoms. The van der Waals surface area contributed by atoms with Crippen molar-refractivity contribution in [3.8, 4) is 5.75 Å². The van der Waals surface area contributed by atoms with E-state index in [1.165, 1.54) is 0 Å². The van der Waals surface area contributed by atoms with Crippen molar-refractivity contribution < 1.29 is 23.8 Å². The van der Waals surface area contributed by atoms with Crippen LogP contribution in [0, 0.1) is 6.92 Å². The Bertz CT molecular complexity index is 912. The van der Waals surface area contributed by atoms with Crippen LogP contribution in [-0.4, -0.2) is 25.0 Å². The van der Waals surface area contributed by atoms with Gasteiger partial charge in [0.05, 0.1) is 12.5 Å². The first kappa shape index (κ1) is 19.2. The topological polar surface area (TPSA) is 109 Å². The zero-order chi connectivity index (χ0) is 19.3. The van der Waals surface area contributed by atoms with Crippen LogP contribution >= 0.6 is 0 Å². The zero-order valence-electron chi connectivity index (χ0n) is 14.7. The number of fused-ring (bicyclic) bond motifs is 1. The number of benzene rings is 1. The predicted octanol–water partition coefficient (Wildman–Crippen LogP) is 0.855. The maximum Gasteiger partial charge on any atom is 0.339 e. The highest BCUT2D eigenvalue weighted by Gasteiger charge is 2.13. The molecule has 0 fully saturated rings. The molecule has 0 aliphatic rings. The van der Waals surface area contributed by atoms with Crippen molar-refractivity contribution >= 4 is 22.8 Å². The van der Waals surface area contributed by atoms with Crippen molar-refractivity contribution in [2.75, 3.05) is 13.2 Å². The first-order chi connectivity index (χ1) is 12.3. The van der Waals surface area contributed by atoms with Crippen molar-refractivity contribution in [1.29, 1.82) is 0 Å². The Labute approximate surface area is 150 Å². The van der Waals surface area contributed by atoms with E-state index in [-0.39, 0.29) is 12.8 Å². The van der Waals surface area contributed by atoms with Gasteiger partial charge in [-0.25, -0.2) is 4.79 Å². The fourth-order valence-corrected chi connectivity index (χ4v) is 2.46. The SMILES string of the molecule is C=C(C)COc1ccc2c(C)c(CCC(=O)NCC(=O)[O-])c(=O)oc2c1. The lowest BCUT2D eigenvalue weighted by atomic mass is 10.0. The van der Waals surface area contributed by atoms with Gasteiger partial charge in [0.2, 0.25) is 5.91 Å². The van der Waals surface area contributed by atoms with Crippen molar-refractivity contribution in [2.45, 2.75) is 26.7 Å². The van der Waals surface area contributed by atoms with Crippen molar-refractivity contribution in [3.05, 3.63) is 51.9 Å². The standard InChI is InChI=1S/C19H21NO6/c1-11(2)10-25-13-4-5-14-12(3)15(19(24)26-16(14)8-13)6-7-17(21)20-9-18(22)23/h4-5,8H,1,6-7,9-10H2,2-3H3,(H,20,21)(H,22,23)/p-1. The summed E-state index contributed by atoms with van der Waals surface area (Å²) in [5.41, 5.74) is 1.85. The van der Waals surface area contributed by atoms with Gasteiger partial charge in [-0.05, 0) is 43.5 Å². The van der Waals surface area contributed by atoms with E-state index in [2.05, 4.69) is 11.9 Å². The molecule has 2 aromatic rings. The monoisotopic (exact) mass is 358 g/mol. The Morgan fingerprint density at radius 3 is 2.73 bits per heavy atom. The van der Waals surface area contributed by atoms with Crippen molar-refractivity contribution in [1.82, 2.24) is 5.32 Å². The summed E-state index contributed by atoms with van der Waals surface area (Å²) in [5, 5.41) is 13.3. The first-order valence-corrected chi connectivity index (χ1v) is 8.08. The number of carboxylic acid groups (broad SMARTS) is 1. The molecule has 138 valence electrons. The van der Waals surface area contributed by atoms with Gasteiger partial charge in [-0.1, -0.05) is 6.58 Å². The number of carbonyl (C=O) groups excluding carboxylic acids is 2. The fraction of sp³-hybridized carbons (Fsp3) is 0.316. The van der Waals surface area contributed by atoms with E-state index < -0.39 is 24.0 Å². The molecule has 0 radical (unpaired) electrons. The zero-order valence-corrected chi connectivity index (χ0v) is 14.7. The lowest BCUT2D eigenvalue weighted by Crippen LogP contribution is -2.37. The average molecular weight is 358 g/mol. The minimum Gasteiger partial charge on any atom is -0.548 e. The summed E-state index contributed by atoms with van der Waals surface area (Å²) in [6.45, 7) is 7.20. The number of carbonyl (C=O) groups is 2. The minimum atomic E-state index is -1.37. The maximum atomic E-state index is 12.3. The molecule has 0 saturated heterocycles. The van der Waals surface area contributed by atoms with Crippen molar-refractivity contribution in [3.63, 3.8) is 0 Å². The Hall–Kier alpha value is -3.09. The lowest BCUT2D eigenvalue weighted by molar-refractivity contribution is -0.304. The van der Waals surface area contributed by atoms with E-state index in [0.717, 1.165) is 16.5 Å². The van der Waals surface area contributed by atoms with E-state index >= 15 is 0 Å². The van der Waals surface area contributed by atoms with Crippen LogP contribution in [-0.2, 0) is 16.0 Å². The number of aliphatic carboxylic acids is 1. The van der Waals surface area contributed by atoms with Gasteiger partial charge in [0.15, 0.2) is 0 Å². The molecule has 0 saturated carbocycles. The van der Waals surface area contributed by atoms with Gasteiger partial charge < -0.3 is 24.4 Å². The second-order valence-corrected chi connectivity index (χ2v) is 6.05. The average Bonchev–Trinajstić information content (AvgIpc) is 2.57. The summed E-state index contributed by atoms with van der Waals surface area (Å²) in [5.74, 6) is -1.28. The van der Waals surface area contributed by atoms with Crippen LogP contribution in [0.15, 0.2) is 39.6 Å². The Kier molecular flexibility index (Phi) is 6.16. The van der Waals surface area contributed by atoms with Gasteiger partial charge >= 0.3 is 5.63 Å². The molecule has 26 heavy (non-hydrogen) atoms. The van der Waals surface area contributed by atoms with E-state index in [1.54, 1.807) is 25.1 Å². The van der Waals surface area contributed by atoms with Crippen LogP contribution in [0.2, 0.25) is 0 Å². The largest absolute Gasteiger partial charge is 0.548 e. The van der Waals surface area contributed by atoms with Gasteiger partial charge in [0.1, 0.15) is 17.9 Å². The van der Waals surface area contributed by atoms with Crippen LogP contribution in [0.1, 0.15) is 24.5 Å². The van der Waals surface area contributed by atoms with Gasteiger partial charge in [-0.2, -0.15) is 0 Å². The molecule has 1 aromatic carbocycles. The Morgan fingerprint density at radius 1 is 1.35 bits per heavy atom. The number of rotatable bonds is 8. The molecule has 1 aromatic heterocycles. The molecular weight excluding hydrogens is 338 g/mol. The van der Waals surface area contributed by atoms with E-state index in [1.807, 2.05) is 6.92 Å². The molecule has 0 unspecified atom stereocenters. The number of carboxylic acids is 1. The van der Waals surface area contributed by atoms with Crippen molar-refractivity contribution in [2.24, 2.45) is 0 Å². The number of aryl methyl sites for hydroxylation is 1. The highest BCUT2D eigenvalue weighted by Crippen LogP contribution is 2.24. The number of hydrogen-bond donors (Lipinski definition) is 1. The molecule has 0 spiro atoms. The quantitative estimate of drug-likeness (QED) is 0.554. The third-order valence-corrected chi connectivity index (χ3v) is 3.78. The molecule has 7 heteroatoms. The third-order valence-electron chi connectivity index (χ3n) is 3.78. The molecular formula is C19H20NO6-. The second kappa shape index (κ2) is 8.33. The third kappa shape index (κ3) is 4.95. The highest BCUT2D eigenvalue weighted by molar-refractivity contribution is 5.83. The van der Waals surface area contributed by atoms with E-state index in [4.69, 9.17) is 9.15 Å². The van der Waals surface area contributed by atoms with E-state index in [0.29, 0.717) is 23.5 Å². The summed E-state index contributed by atoms with van der Waals surface area (Å²) < 4.78 is 10.9. The minimum absolute atomic E-state index is 0.0236. The van der Waals surface area contributed by atoms with Crippen LogP contribution in [0.4, 0.5) is 0 Å². The molecule has 0 aliphatic heterocycles. The van der Waals surface area contributed by atoms with Crippen LogP contribution in [0.5, 0.6) is 5.75 Å². The molecule has 1 heterocycles. The summed E-state index contributed by atoms with van der Waals surface area (Å²) in [6, 6.07) is 5.21. The first-order valence-electron chi connectivity index (χ1n) is 8.08. The van der Waals surface area contributed by atoms with E-state index in [9.17, 15) is 19.5 Å². The molecule has 1 N–H and O–H groups in total. The molecule has 7 nitrogen and oxygen atoms in total. The summed E-state index contributed by atoms with van der Waals surface area (Å²) >= 11 is 0. The molecule has 0 atom stereocenters. The molecule has 0 aliphatic carbocycles. The molecule has 1 amide bonds. The smallest absolute Gasteiger partial charge is 0.339 e. The van der Waals surface area contributed by atoms with Gasteiger partial charge in [-0.15, -0.1) is 0 Å². The summed E-state index contributed by atoms with van der Waals surface area (Å²) in [4.78, 5) is 34.2. The predicted molar refractivity (Wildman–Crippen MR) is 93.9 cm³/mol. The van der Waals surface area contributed by atoms with Gasteiger partial charge in [-0.3, -0.25) is 4.79 Å².